The Labute approximate surface area is 155 Å². The van der Waals surface area contributed by atoms with Gasteiger partial charge >= 0.3 is 0 Å². The summed E-state index contributed by atoms with van der Waals surface area (Å²) < 4.78 is 44.7. The Bertz CT molecular complexity index is 1270. The maximum atomic E-state index is 14.9. The number of benzene rings is 2. The molecular formula is C19H16FN3O3S. The second-order valence-electron chi connectivity index (χ2n) is 6.12. The zero-order valence-corrected chi connectivity index (χ0v) is 15.2. The SMILES string of the molecule is COc1ccc2c(c1F)c1ncccc1n2Cc1ccc(S(N)(=O)=O)cc1. The molecule has 0 saturated heterocycles. The highest BCUT2D eigenvalue weighted by Gasteiger charge is 2.18. The second kappa shape index (κ2) is 6.33. The largest absolute Gasteiger partial charge is 0.494 e. The first kappa shape index (κ1) is 17.4. The summed E-state index contributed by atoms with van der Waals surface area (Å²) in [5.74, 6) is -0.299. The number of sulfonamides is 1. The number of ether oxygens (including phenoxy) is 1. The highest BCUT2D eigenvalue weighted by Crippen LogP contribution is 2.34. The van der Waals surface area contributed by atoms with Crippen LogP contribution in [0, 0.1) is 5.82 Å². The Kier molecular flexibility index (Phi) is 4.09. The molecule has 0 fully saturated rings. The minimum Gasteiger partial charge on any atom is -0.494 e. The van der Waals surface area contributed by atoms with E-state index < -0.39 is 15.8 Å². The number of nitrogens with two attached hydrogens (primary N) is 1. The second-order valence-corrected chi connectivity index (χ2v) is 7.68. The molecule has 0 atom stereocenters. The third kappa shape index (κ3) is 2.92. The Morgan fingerprint density at radius 1 is 1.11 bits per heavy atom. The molecule has 0 aliphatic carbocycles. The molecule has 2 aromatic carbocycles. The molecule has 6 nitrogen and oxygen atoms in total. The molecule has 4 aromatic rings. The molecule has 0 radical (unpaired) electrons. The molecule has 138 valence electrons. The molecule has 0 aliphatic rings. The number of halogens is 1. The average molecular weight is 385 g/mol. The Balaban J connectivity index is 1.89. The summed E-state index contributed by atoms with van der Waals surface area (Å²) in [4.78, 5) is 4.39. The Morgan fingerprint density at radius 3 is 2.52 bits per heavy atom. The van der Waals surface area contributed by atoms with Crippen LogP contribution in [0.4, 0.5) is 4.39 Å². The van der Waals surface area contributed by atoms with Crippen molar-refractivity contribution in [2.45, 2.75) is 11.4 Å². The van der Waals surface area contributed by atoms with Crippen LogP contribution < -0.4 is 9.88 Å². The van der Waals surface area contributed by atoms with E-state index in [1.165, 1.54) is 19.2 Å². The lowest BCUT2D eigenvalue weighted by Crippen LogP contribution is -2.12. The topological polar surface area (TPSA) is 87.2 Å². The summed E-state index contributed by atoms with van der Waals surface area (Å²) in [5, 5.41) is 5.54. The number of primary sulfonamides is 1. The third-order valence-electron chi connectivity index (χ3n) is 4.50. The lowest BCUT2D eigenvalue weighted by Gasteiger charge is -2.09. The summed E-state index contributed by atoms with van der Waals surface area (Å²) >= 11 is 0. The smallest absolute Gasteiger partial charge is 0.238 e. The first-order valence-corrected chi connectivity index (χ1v) is 9.66. The number of aromatic nitrogens is 2. The van der Waals surface area contributed by atoms with Crippen LogP contribution in [0.1, 0.15) is 5.56 Å². The van der Waals surface area contributed by atoms with Gasteiger partial charge in [-0.15, -0.1) is 0 Å². The van der Waals surface area contributed by atoms with Gasteiger partial charge in [0.1, 0.15) is 0 Å². The first-order chi connectivity index (χ1) is 12.9. The molecular weight excluding hydrogens is 369 g/mol. The van der Waals surface area contributed by atoms with Crippen LogP contribution in [0.15, 0.2) is 59.6 Å². The lowest BCUT2D eigenvalue weighted by atomic mass is 10.2. The average Bonchev–Trinajstić information content (AvgIpc) is 2.96. The van der Waals surface area contributed by atoms with Gasteiger partial charge < -0.3 is 9.30 Å². The minimum atomic E-state index is -3.74. The van der Waals surface area contributed by atoms with Gasteiger partial charge in [0, 0.05) is 12.7 Å². The third-order valence-corrected chi connectivity index (χ3v) is 5.43. The monoisotopic (exact) mass is 385 g/mol. The Hall–Kier alpha value is -2.97. The molecule has 2 aromatic heterocycles. The number of fused-ring (bicyclic) bond motifs is 3. The predicted molar refractivity (Wildman–Crippen MR) is 101 cm³/mol. The van der Waals surface area contributed by atoms with Gasteiger partial charge in [0.15, 0.2) is 11.6 Å². The van der Waals surface area contributed by atoms with Gasteiger partial charge in [0.05, 0.1) is 33.9 Å². The zero-order valence-electron chi connectivity index (χ0n) is 14.4. The van der Waals surface area contributed by atoms with Crippen LogP contribution >= 0.6 is 0 Å². The van der Waals surface area contributed by atoms with Crippen molar-refractivity contribution in [2.75, 3.05) is 7.11 Å². The number of rotatable bonds is 4. The maximum absolute atomic E-state index is 14.9. The summed E-state index contributed by atoms with van der Waals surface area (Å²) in [6, 6.07) is 13.3. The van der Waals surface area contributed by atoms with Crippen molar-refractivity contribution in [2.24, 2.45) is 5.14 Å². The highest BCUT2D eigenvalue weighted by atomic mass is 32.2. The molecule has 0 unspecified atom stereocenters. The van der Waals surface area contributed by atoms with Gasteiger partial charge in [-0.1, -0.05) is 12.1 Å². The molecule has 0 saturated carbocycles. The number of pyridine rings is 1. The van der Waals surface area contributed by atoms with Gasteiger partial charge in [-0.05, 0) is 42.0 Å². The van der Waals surface area contributed by atoms with Crippen molar-refractivity contribution < 1.29 is 17.5 Å². The number of hydrogen-bond acceptors (Lipinski definition) is 4. The van der Waals surface area contributed by atoms with Crippen LogP contribution in [0.3, 0.4) is 0 Å². The molecule has 27 heavy (non-hydrogen) atoms. The van der Waals surface area contributed by atoms with E-state index in [-0.39, 0.29) is 10.6 Å². The molecule has 4 rings (SSSR count). The number of nitrogens with zero attached hydrogens (tertiary/aromatic N) is 2. The molecule has 2 heterocycles. The predicted octanol–water partition coefficient (Wildman–Crippen LogP) is 3.03. The van der Waals surface area contributed by atoms with Gasteiger partial charge in [0.2, 0.25) is 10.0 Å². The van der Waals surface area contributed by atoms with Gasteiger partial charge in [-0.25, -0.2) is 17.9 Å². The van der Waals surface area contributed by atoms with Crippen LogP contribution in [-0.2, 0) is 16.6 Å². The summed E-state index contributed by atoms with van der Waals surface area (Å²) in [6.07, 6.45) is 1.62. The van der Waals surface area contributed by atoms with E-state index in [0.717, 1.165) is 11.1 Å². The van der Waals surface area contributed by atoms with Crippen molar-refractivity contribution in [3.63, 3.8) is 0 Å². The molecule has 8 heteroatoms. The molecule has 2 N–H and O–H groups in total. The Morgan fingerprint density at radius 2 is 1.85 bits per heavy atom. The normalized spacial score (nSPS) is 12.0. The quantitative estimate of drug-likeness (QED) is 0.585. The minimum absolute atomic E-state index is 0.0471. The van der Waals surface area contributed by atoms with Crippen molar-refractivity contribution in [3.05, 3.63) is 66.1 Å². The fraction of sp³-hybridized carbons (Fsp3) is 0.105. The molecule has 0 bridgehead atoms. The van der Waals surface area contributed by atoms with Crippen LogP contribution in [0.2, 0.25) is 0 Å². The highest BCUT2D eigenvalue weighted by molar-refractivity contribution is 7.89. The standard InChI is InChI=1S/C19H16FN3O3S/c1-26-16-9-8-14-17(18(16)20)19-15(3-2-10-22-19)23(14)11-12-4-6-13(7-5-12)27(21,24)25/h2-10H,11H2,1H3,(H2,21,24,25). The number of methoxy groups -OCH3 is 1. The van der Waals surface area contributed by atoms with Crippen molar-refractivity contribution >= 4 is 32.0 Å². The van der Waals surface area contributed by atoms with E-state index in [4.69, 9.17) is 9.88 Å². The summed E-state index contributed by atoms with van der Waals surface area (Å²) in [7, 11) is -2.32. The molecule has 0 aliphatic heterocycles. The van der Waals surface area contributed by atoms with E-state index in [1.54, 1.807) is 36.5 Å². The van der Waals surface area contributed by atoms with Gasteiger partial charge in [-0.2, -0.15) is 0 Å². The molecule has 0 amide bonds. The maximum Gasteiger partial charge on any atom is 0.238 e. The van der Waals surface area contributed by atoms with Crippen molar-refractivity contribution in [1.29, 1.82) is 0 Å². The first-order valence-electron chi connectivity index (χ1n) is 8.11. The van der Waals surface area contributed by atoms with Crippen LogP contribution in [0.25, 0.3) is 21.9 Å². The fourth-order valence-electron chi connectivity index (χ4n) is 3.23. The lowest BCUT2D eigenvalue weighted by molar-refractivity contribution is 0.389. The van der Waals surface area contributed by atoms with Gasteiger partial charge in [0.25, 0.3) is 0 Å². The van der Waals surface area contributed by atoms with E-state index in [1.807, 2.05) is 10.6 Å². The van der Waals surface area contributed by atoms with Crippen molar-refractivity contribution in [3.8, 4) is 5.75 Å². The zero-order chi connectivity index (χ0) is 19.2. The summed E-state index contributed by atoms with van der Waals surface area (Å²) in [6.45, 7) is 0.419. The fourth-order valence-corrected chi connectivity index (χ4v) is 3.74. The van der Waals surface area contributed by atoms with Crippen LogP contribution in [0.5, 0.6) is 5.75 Å². The number of hydrogen-bond donors (Lipinski definition) is 1. The van der Waals surface area contributed by atoms with E-state index in [2.05, 4.69) is 4.98 Å². The summed E-state index contributed by atoms with van der Waals surface area (Å²) in [5.41, 5.74) is 2.85. The van der Waals surface area contributed by atoms with E-state index >= 15 is 0 Å². The van der Waals surface area contributed by atoms with E-state index in [9.17, 15) is 12.8 Å². The van der Waals surface area contributed by atoms with E-state index in [0.29, 0.717) is 23.0 Å². The molecule has 0 spiro atoms. The van der Waals surface area contributed by atoms with Crippen molar-refractivity contribution in [1.82, 2.24) is 9.55 Å². The van der Waals surface area contributed by atoms with Gasteiger partial charge in [-0.3, -0.25) is 4.98 Å². The van der Waals surface area contributed by atoms with Crippen LogP contribution in [-0.4, -0.2) is 25.1 Å².